The summed E-state index contributed by atoms with van der Waals surface area (Å²) in [6.07, 6.45) is 0. The number of aromatic nitrogens is 1. The van der Waals surface area contributed by atoms with Crippen molar-refractivity contribution in [3.63, 3.8) is 0 Å². The second-order valence-electron chi connectivity index (χ2n) is 3.47. The number of methoxy groups -OCH3 is 1. The molecule has 0 N–H and O–H groups in total. The minimum absolute atomic E-state index is 0.320. The number of benzene rings is 1. The SMILES string of the molecule is COCc1nc(-c2ccc(Cl)c(Cl)c2)sc1C#N. The highest BCUT2D eigenvalue weighted by Crippen LogP contribution is 2.32. The Bertz CT molecular complexity index is 619. The lowest BCUT2D eigenvalue weighted by Gasteiger charge is -1.99. The molecule has 1 aromatic carbocycles. The first-order chi connectivity index (χ1) is 8.65. The van der Waals surface area contributed by atoms with Crippen LogP contribution in [-0.4, -0.2) is 12.1 Å². The Morgan fingerprint density at radius 3 is 2.78 bits per heavy atom. The zero-order chi connectivity index (χ0) is 13.1. The Morgan fingerprint density at radius 1 is 1.39 bits per heavy atom. The number of ether oxygens (including phenoxy) is 1. The number of hydrogen-bond acceptors (Lipinski definition) is 4. The van der Waals surface area contributed by atoms with Crippen LogP contribution in [0.5, 0.6) is 0 Å². The van der Waals surface area contributed by atoms with Gasteiger partial charge in [0.1, 0.15) is 16.0 Å². The van der Waals surface area contributed by atoms with Crippen LogP contribution in [0, 0.1) is 11.3 Å². The molecule has 6 heteroatoms. The molecule has 2 rings (SSSR count). The summed E-state index contributed by atoms with van der Waals surface area (Å²) in [5.41, 5.74) is 1.49. The normalized spacial score (nSPS) is 10.3. The lowest BCUT2D eigenvalue weighted by atomic mass is 10.2. The van der Waals surface area contributed by atoms with E-state index in [0.29, 0.717) is 27.2 Å². The van der Waals surface area contributed by atoms with Crippen LogP contribution in [0.3, 0.4) is 0 Å². The first-order valence-corrected chi connectivity index (χ1v) is 6.57. The fraction of sp³-hybridized carbons (Fsp3) is 0.167. The fourth-order valence-electron chi connectivity index (χ4n) is 1.43. The van der Waals surface area contributed by atoms with Crippen molar-refractivity contribution in [1.29, 1.82) is 5.26 Å². The maximum Gasteiger partial charge on any atom is 0.130 e. The van der Waals surface area contributed by atoms with Crippen molar-refractivity contribution in [3.8, 4) is 16.6 Å². The minimum Gasteiger partial charge on any atom is -0.378 e. The number of hydrogen-bond donors (Lipinski definition) is 0. The molecule has 1 aromatic heterocycles. The van der Waals surface area contributed by atoms with Crippen molar-refractivity contribution >= 4 is 34.5 Å². The average molecular weight is 299 g/mol. The maximum absolute atomic E-state index is 9.02. The summed E-state index contributed by atoms with van der Waals surface area (Å²) in [5, 5.41) is 10.7. The predicted octanol–water partition coefficient (Wildman–Crippen LogP) is 4.13. The van der Waals surface area contributed by atoms with Gasteiger partial charge in [-0.25, -0.2) is 4.98 Å². The van der Waals surface area contributed by atoms with Crippen LogP contribution in [0.4, 0.5) is 0 Å². The van der Waals surface area contributed by atoms with E-state index in [2.05, 4.69) is 11.1 Å². The Labute approximate surface area is 119 Å². The number of rotatable bonds is 3. The van der Waals surface area contributed by atoms with Crippen molar-refractivity contribution < 1.29 is 4.74 Å². The third kappa shape index (κ3) is 2.65. The van der Waals surface area contributed by atoms with Crippen LogP contribution in [0.15, 0.2) is 18.2 Å². The molecule has 0 aliphatic heterocycles. The van der Waals surface area contributed by atoms with E-state index in [9.17, 15) is 0 Å². The quantitative estimate of drug-likeness (QED) is 0.856. The van der Waals surface area contributed by atoms with E-state index < -0.39 is 0 Å². The first kappa shape index (κ1) is 13.3. The summed E-state index contributed by atoms with van der Waals surface area (Å²) in [6.45, 7) is 0.320. The summed E-state index contributed by atoms with van der Waals surface area (Å²) < 4.78 is 5.01. The highest BCUT2D eigenvalue weighted by Gasteiger charge is 2.13. The molecule has 0 amide bonds. The van der Waals surface area contributed by atoms with Gasteiger partial charge in [0.25, 0.3) is 0 Å². The third-order valence-corrected chi connectivity index (χ3v) is 4.04. The molecule has 18 heavy (non-hydrogen) atoms. The second kappa shape index (κ2) is 5.68. The minimum atomic E-state index is 0.320. The average Bonchev–Trinajstić information content (AvgIpc) is 2.76. The molecular weight excluding hydrogens is 291 g/mol. The molecule has 0 radical (unpaired) electrons. The standard InChI is InChI=1S/C12H8Cl2N2OS/c1-17-6-10-11(5-15)18-12(16-10)7-2-3-8(13)9(14)4-7/h2-4H,6H2,1H3. The Hall–Kier alpha value is -1.12. The zero-order valence-corrected chi connectivity index (χ0v) is 11.7. The second-order valence-corrected chi connectivity index (χ2v) is 5.28. The monoisotopic (exact) mass is 298 g/mol. The molecule has 2 aromatic rings. The largest absolute Gasteiger partial charge is 0.378 e. The van der Waals surface area contributed by atoms with Gasteiger partial charge < -0.3 is 4.74 Å². The zero-order valence-electron chi connectivity index (χ0n) is 9.41. The van der Waals surface area contributed by atoms with Gasteiger partial charge in [0, 0.05) is 12.7 Å². The summed E-state index contributed by atoms with van der Waals surface area (Å²) >= 11 is 13.1. The van der Waals surface area contributed by atoms with E-state index in [1.807, 2.05) is 6.07 Å². The molecule has 0 saturated carbocycles. The molecule has 1 heterocycles. The van der Waals surface area contributed by atoms with Gasteiger partial charge in [-0.3, -0.25) is 0 Å². The highest BCUT2D eigenvalue weighted by molar-refractivity contribution is 7.15. The van der Waals surface area contributed by atoms with Gasteiger partial charge in [-0.05, 0) is 12.1 Å². The van der Waals surface area contributed by atoms with Gasteiger partial charge in [0.2, 0.25) is 0 Å². The van der Waals surface area contributed by atoms with E-state index >= 15 is 0 Å². The first-order valence-electron chi connectivity index (χ1n) is 5.00. The van der Waals surface area contributed by atoms with Crippen LogP contribution in [0.1, 0.15) is 10.6 Å². The Morgan fingerprint density at radius 2 is 2.17 bits per heavy atom. The topological polar surface area (TPSA) is 45.9 Å². The summed E-state index contributed by atoms with van der Waals surface area (Å²) in [6, 6.07) is 7.39. The van der Waals surface area contributed by atoms with E-state index in [1.165, 1.54) is 11.3 Å². The van der Waals surface area contributed by atoms with Crippen LogP contribution < -0.4 is 0 Å². The Balaban J connectivity index is 2.45. The smallest absolute Gasteiger partial charge is 0.130 e. The van der Waals surface area contributed by atoms with Crippen LogP contribution in [0.2, 0.25) is 10.0 Å². The molecule has 92 valence electrons. The van der Waals surface area contributed by atoms with E-state index in [-0.39, 0.29) is 0 Å². The molecular formula is C12H8Cl2N2OS. The molecule has 0 saturated heterocycles. The van der Waals surface area contributed by atoms with Gasteiger partial charge in [0.15, 0.2) is 0 Å². The van der Waals surface area contributed by atoms with Gasteiger partial charge in [-0.1, -0.05) is 29.3 Å². The summed E-state index contributed by atoms with van der Waals surface area (Å²) in [5.74, 6) is 0. The van der Waals surface area contributed by atoms with E-state index in [1.54, 1.807) is 19.2 Å². The van der Waals surface area contributed by atoms with Crippen LogP contribution >= 0.6 is 34.5 Å². The van der Waals surface area contributed by atoms with Crippen molar-refractivity contribution in [2.24, 2.45) is 0 Å². The van der Waals surface area contributed by atoms with Crippen molar-refractivity contribution in [2.45, 2.75) is 6.61 Å². The molecule has 0 unspecified atom stereocenters. The third-order valence-electron chi connectivity index (χ3n) is 2.25. The molecule has 3 nitrogen and oxygen atoms in total. The molecule has 0 spiro atoms. The molecule has 0 aliphatic rings. The van der Waals surface area contributed by atoms with Crippen molar-refractivity contribution in [1.82, 2.24) is 4.98 Å². The summed E-state index contributed by atoms with van der Waals surface area (Å²) in [4.78, 5) is 4.93. The number of nitriles is 1. The van der Waals surface area contributed by atoms with Gasteiger partial charge in [-0.2, -0.15) is 5.26 Å². The molecule has 0 aliphatic carbocycles. The van der Waals surface area contributed by atoms with Gasteiger partial charge >= 0.3 is 0 Å². The number of thiazole rings is 1. The lowest BCUT2D eigenvalue weighted by molar-refractivity contribution is 0.182. The van der Waals surface area contributed by atoms with Crippen molar-refractivity contribution in [3.05, 3.63) is 38.8 Å². The van der Waals surface area contributed by atoms with E-state index in [0.717, 1.165) is 10.6 Å². The van der Waals surface area contributed by atoms with Crippen molar-refractivity contribution in [2.75, 3.05) is 7.11 Å². The highest BCUT2D eigenvalue weighted by atomic mass is 35.5. The van der Waals surface area contributed by atoms with Crippen LogP contribution in [-0.2, 0) is 11.3 Å². The predicted molar refractivity (Wildman–Crippen MR) is 73.0 cm³/mol. The number of halogens is 2. The fourth-order valence-corrected chi connectivity index (χ4v) is 2.59. The van der Waals surface area contributed by atoms with Crippen LogP contribution in [0.25, 0.3) is 10.6 Å². The Kier molecular flexibility index (Phi) is 4.20. The van der Waals surface area contributed by atoms with E-state index in [4.69, 9.17) is 33.2 Å². The molecule has 0 bridgehead atoms. The molecule has 0 atom stereocenters. The van der Waals surface area contributed by atoms with Gasteiger partial charge in [-0.15, -0.1) is 11.3 Å². The summed E-state index contributed by atoms with van der Waals surface area (Å²) in [7, 11) is 1.57. The lowest BCUT2D eigenvalue weighted by Crippen LogP contribution is -1.90. The van der Waals surface area contributed by atoms with Gasteiger partial charge in [0.05, 0.1) is 22.3 Å². The molecule has 0 fully saturated rings. The number of nitrogens with zero attached hydrogens (tertiary/aromatic N) is 2. The maximum atomic E-state index is 9.02.